The smallest absolute Gasteiger partial charge is 0.252 e. The van der Waals surface area contributed by atoms with Crippen molar-refractivity contribution in [1.29, 1.82) is 0 Å². The van der Waals surface area contributed by atoms with Crippen LogP contribution >= 0.6 is 0 Å². The summed E-state index contributed by atoms with van der Waals surface area (Å²) in [6, 6.07) is 168. The van der Waals surface area contributed by atoms with Crippen molar-refractivity contribution in [2.45, 2.75) is 13.8 Å². The van der Waals surface area contributed by atoms with Gasteiger partial charge in [0.05, 0.1) is 16.7 Å². The maximum absolute atomic E-state index is 3.17. The zero-order chi connectivity index (χ0) is 74.0. The molecule has 111 heavy (non-hydrogen) atoms. The van der Waals surface area contributed by atoms with E-state index in [4.69, 9.17) is 0 Å². The standard InChI is InChI=1S/C104H78BN3Si3/c1-75-67-76(2)69-78(68-75)77-59-65-96-101(70-77)106(79-60-62-91(63-61-79)109(82-36-12-3-13-37-82,83-38-14-4-15-39-83)84-40-16-5-17-41-84)102-72-81(108-98-57-32-30-55-94(98)95-56-31-33-58-99(95)108)73-103-104(102)105(96)97-74-93(111(88-48-24-9-25-49-88,89-50-26-10-27-51-89)90-52-28-11-29-53-90)64-66-100(97)107(103)80-35-34-54-92(71-80)110(85-42-18-6-19-43-85,86-44-20-7-21-45-86)87-46-22-8-23-47-87/h3-74H,1-2H3. The number of aryl methyl sites for hydroxylation is 2. The maximum Gasteiger partial charge on any atom is 0.252 e. The molecule has 20 rings (SSSR count). The number of rotatable bonds is 16. The minimum Gasteiger partial charge on any atom is -0.311 e. The lowest BCUT2D eigenvalue weighted by Crippen LogP contribution is -2.75. The van der Waals surface area contributed by atoms with E-state index in [1.165, 1.54) is 112 Å². The van der Waals surface area contributed by atoms with Gasteiger partial charge in [0.2, 0.25) is 0 Å². The van der Waals surface area contributed by atoms with E-state index in [0.717, 1.165) is 50.8 Å². The molecule has 3 heterocycles. The van der Waals surface area contributed by atoms with E-state index < -0.39 is 24.2 Å². The van der Waals surface area contributed by atoms with Crippen LogP contribution in [-0.4, -0.2) is 35.5 Å². The summed E-state index contributed by atoms with van der Waals surface area (Å²) in [5.41, 5.74) is 18.7. The molecule has 0 amide bonds. The Bertz CT molecular complexity index is 6110. The molecule has 2 aliphatic rings. The molecule has 17 aromatic carbocycles. The summed E-state index contributed by atoms with van der Waals surface area (Å²) in [4.78, 5) is 5.34. The number of anilines is 6. The fraction of sp³-hybridized carbons (Fsp3) is 0.0192. The molecule has 0 aliphatic carbocycles. The second-order valence-corrected chi connectivity index (χ2v) is 41.4. The lowest BCUT2D eigenvalue weighted by Gasteiger charge is -2.45. The average Bonchev–Trinajstić information content (AvgIpc) is 1.27. The van der Waals surface area contributed by atoms with E-state index in [0.29, 0.717) is 0 Å². The molecule has 7 heteroatoms. The van der Waals surface area contributed by atoms with Gasteiger partial charge in [0.1, 0.15) is 0 Å². The van der Waals surface area contributed by atoms with Crippen LogP contribution in [0.5, 0.6) is 0 Å². The molecule has 0 spiro atoms. The fourth-order valence-corrected chi connectivity index (χ4v) is 33.7. The van der Waals surface area contributed by atoms with Gasteiger partial charge in [-0.05, 0) is 164 Å². The van der Waals surface area contributed by atoms with Gasteiger partial charge in [-0.15, -0.1) is 0 Å². The van der Waals surface area contributed by atoms with Crippen molar-refractivity contribution in [2.24, 2.45) is 0 Å². The molecule has 18 aromatic rings. The first-order chi connectivity index (χ1) is 54.9. The molecular weight excluding hydrogens is 1390 g/mol. The highest BCUT2D eigenvalue weighted by Crippen LogP contribution is 2.47. The molecule has 1 aromatic heterocycles. The van der Waals surface area contributed by atoms with Gasteiger partial charge in [-0.1, -0.05) is 387 Å². The molecule has 0 radical (unpaired) electrons. The number of para-hydroxylation sites is 2. The van der Waals surface area contributed by atoms with Crippen LogP contribution in [-0.2, 0) is 0 Å². The number of hydrogen-bond donors (Lipinski definition) is 0. The summed E-state index contributed by atoms with van der Waals surface area (Å²) in [7, 11) is -9.27. The number of nitrogens with zero attached hydrogens (tertiary/aromatic N) is 3. The zero-order valence-corrected chi connectivity index (χ0v) is 65.0. The lowest BCUT2D eigenvalue weighted by molar-refractivity contribution is 1.16. The summed E-state index contributed by atoms with van der Waals surface area (Å²) in [6.07, 6.45) is 0. The Morgan fingerprint density at radius 1 is 0.207 bits per heavy atom. The minimum absolute atomic E-state index is 0.259. The van der Waals surface area contributed by atoms with E-state index >= 15 is 0 Å². The first kappa shape index (κ1) is 67.2. The Morgan fingerprint density at radius 2 is 0.550 bits per heavy atom. The van der Waals surface area contributed by atoms with Crippen LogP contribution in [0.4, 0.5) is 34.1 Å². The number of hydrogen-bond acceptors (Lipinski definition) is 2. The Kier molecular flexibility index (Phi) is 16.8. The van der Waals surface area contributed by atoms with Crippen molar-refractivity contribution >= 4 is 165 Å². The molecule has 0 unspecified atom stereocenters. The van der Waals surface area contributed by atoms with Gasteiger partial charge in [0.15, 0.2) is 24.2 Å². The minimum atomic E-state index is -3.17. The SMILES string of the molecule is Cc1cc(C)cc(-c2ccc3c(c2)N(c2ccc([Si](c4ccccc4)(c4ccccc4)c4ccccc4)cc2)c2cc(-n4c5ccccc5c5ccccc54)cc4c2B3c2cc([Si](c3ccccc3)(c3ccccc3)c3ccccc3)ccc2N4c2cccc([Si](c3ccccc3)(c3ccccc3)c3ccccc3)c2)c1. The summed E-state index contributed by atoms with van der Waals surface area (Å²) in [5, 5.41) is 18.4. The Balaban J connectivity index is 0.930. The summed E-state index contributed by atoms with van der Waals surface area (Å²) < 4.78 is 2.55. The van der Waals surface area contributed by atoms with Crippen LogP contribution in [0.15, 0.2) is 437 Å². The van der Waals surface area contributed by atoms with Crippen molar-refractivity contribution in [2.75, 3.05) is 9.80 Å². The Hall–Kier alpha value is -13.1. The van der Waals surface area contributed by atoms with Crippen LogP contribution in [0.25, 0.3) is 38.6 Å². The van der Waals surface area contributed by atoms with Gasteiger partial charge in [-0.3, -0.25) is 0 Å². The molecule has 0 atom stereocenters. The number of fused-ring (bicyclic) bond motifs is 7. The molecule has 0 saturated carbocycles. The van der Waals surface area contributed by atoms with Gasteiger partial charge in [-0.25, -0.2) is 0 Å². The topological polar surface area (TPSA) is 11.4 Å². The molecular formula is C104H78BN3Si3. The first-order valence-electron chi connectivity index (χ1n) is 38.7. The summed E-state index contributed by atoms with van der Waals surface area (Å²) in [6.45, 7) is 4.20. The van der Waals surface area contributed by atoms with Crippen molar-refractivity contribution in [3.63, 3.8) is 0 Å². The van der Waals surface area contributed by atoms with Gasteiger partial charge in [-0.2, -0.15) is 0 Å². The maximum atomic E-state index is 2.69. The van der Waals surface area contributed by atoms with E-state index in [-0.39, 0.29) is 6.71 Å². The second-order valence-electron chi connectivity index (χ2n) is 29.9. The molecule has 2 aliphatic heterocycles. The van der Waals surface area contributed by atoms with Gasteiger partial charge < -0.3 is 14.4 Å². The Labute approximate surface area is 653 Å². The van der Waals surface area contributed by atoms with Gasteiger partial charge in [0, 0.05) is 44.9 Å². The van der Waals surface area contributed by atoms with Crippen LogP contribution in [0.1, 0.15) is 11.1 Å². The second kappa shape index (κ2) is 27.8. The van der Waals surface area contributed by atoms with Crippen LogP contribution in [0, 0.1) is 13.8 Å². The molecule has 0 bridgehead atoms. The molecule has 0 fully saturated rings. The molecule has 3 nitrogen and oxygen atoms in total. The van der Waals surface area contributed by atoms with Crippen LogP contribution in [0.3, 0.4) is 0 Å². The summed E-state index contributed by atoms with van der Waals surface area (Å²) in [5.74, 6) is 0. The largest absolute Gasteiger partial charge is 0.311 e. The molecule has 0 N–H and O–H groups in total. The fourth-order valence-electron chi connectivity index (χ4n) is 19.4. The van der Waals surface area contributed by atoms with Crippen LogP contribution < -0.4 is 88.4 Å². The van der Waals surface area contributed by atoms with E-state index in [1.807, 2.05) is 0 Å². The normalized spacial score (nSPS) is 12.5. The van der Waals surface area contributed by atoms with E-state index in [1.54, 1.807) is 0 Å². The van der Waals surface area contributed by atoms with Crippen molar-refractivity contribution in [1.82, 2.24) is 4.57 Å². The van der Waals surface area contributed by atoms with E-state index in [9.17, 15) is 0 Å². The highest BCUT2D eigenvalue weighted by molar-refractivity contribution is 7.21. The third-order valence-corrected chi connectivity index (χ3v) is 38.2. The van der Waals surface area contributed by atoms with E-state index in [2.05, 4.69) is 465 Å². The third-order valence-electron chi connectivity index (χ3n) is 23.8. The predicted octanol–water partition coefficient (Wildman–Crippen LogP) is 15.3. The quantitative estimate of drug-likeness (QED) is 0.0706. The Morgan fingerprint density at radius 3 is 0.964 bits per heavy atom. The zero-order valence-electron chi connectivity index (χ0n) is 62.0. The van der Waals surface area contributed by atoms with Crippen molar-refractivity contribution in [3.8, 4) is 16.8 Å². The average molecular weight is 1460 g/mol. The predicted molar refractivity (Wildman–Crippen MR) is 481 cm³/mol. The lowest BCUT2D eigenvalue weighted by atomic mass is 9.33. The van der Waals surface area contributed by atoms with Gasteiger partial charge in [0.25, 0.3) is 6.71 Å². The number of benzene rings is 17. The monoisotopic (exact) mass is 1460 g/mol. The summed E-state index contributed by atoms with van der Waals surface area (Å²) >= 11 is 0. The molecule has 524 valence electrons. The first-order valence-corrected chi connectivity index (χ1v) is 44.7. The molecule has 0 saturated heterocycles. The number of aromatic nitrogens is 1. The van der Waals surface area contributed by atoms with Crippen molar-refractivity contribution in [3.05, 3.63) is 448 Å². The highest BCUT2D eigenvalue weighted by Gasteiger charge is 2.49. The third kappa shape index (κ3) is 10.9. The highest BCUT2D eigenvalue weighted by atomic mass is 28.3. The van der Waals surface area contributed by atoms with Crippen molar-refractivity contribution < 1.29 is 0 Å². The van der Waals surface area contributed by atoms with Crippen LogP contribution in [0.2, 0.25) is 0 Å². The van der Waals surface area contributed by atoms with Gasteiger partial charge >= 0.3 is 0 Å².